The third-order valence-electron chi connectivity index (χ3n) is 1.73. The average molecular weight is 197 g/mol. The summed E-state index contributed by atoms with van der Waals surface area (Å²) in [6.45, 7) is 3.72. The van der Waals surface area contributed by atoms with Crippen LogP contribution in [-0.2, 0) is 4.79 Å². The summed E-state index contributed by atoms with van der Waals surface area (Å²) in [7, 11) is 0. The molecule has 1 amide bonds. The molecule has 0 saturated carbocycles. The van der Waals surface area contributed by atoms with Gasteiger partial charge in [0.1, 0.15) is 12.3 Å². The third kappa shape index (κ3) is 4.45. The zero-order valence-electron chi connectivity index (χ0n) is 8.36. The molecule has 4 nitrogen and oxygen atoms in total. The number of allylic oxidation sites excluding steroid dienone is 3. The number of amides is 1. The molecule has 0 fully saturated rings. The highest BCUT2D eigenvalue weighted by atomic mass is 16.4. The number of hydrogen-bond acceptors (Lipinski definition) is 2. The predicted octanol–water partition coefficient (Wildman–Crippen LogP) is 1.73. The summed E-state index contributed by atoms with van der Waals surface area (Å²) in [6.07, 6.45) is 5.37. The number of rotatable bonds is 5. The second kappa shape index (κ2) is 6.88. The molecule has 0 aromatic carbocycles. The molecule has 2 N–H and O–H groups in total. The van der Waals surface area contributed by atoms with Crippen molar-refractivity contribution < 1.29 is 14.7 Å². The van der Waals surface area contributed by atoms with Crippen LogP contribution in [0.3, 0.4) is 0 Å². The lowest BCUT2D eigenvalue weighted by Gasteiger charge is -2.12. The fourth-order valence-corrected chi connectivity index (χ4v) is 1.01. The highest BCUT2D eigenvalue weighted by Crippen LogP contribution is 2.05. The Morgan fingerprint density at radius 1 is 1.57 bits per heavy atom. The monoisotopic (exact) mass is 197 g/mol. The van der Waals surface area contributed by atoms with Gasteiger partial charge in [0, 0.05) is 0 Å². The minimum absolute atomic E-state index is 0.590. The van der Waals surface area contributed by atoms with E-state index in [-0.39, 0.29) is 0 Å². The summed E-state index contributed by atoms with van der Waals surface area (Å²) < 4.78 is 0. The van der Waals surface area contributed by atoms with Gasteiger partial charge in [-0.25, -0.2) is 4.79 Å². The summed E-state index contributed by atoms with van der Waals surface area (Å²) in [4.78, 5) is 21.0. The van der Waals surface area contributed by atoms with E-state index in [9.17, 15) is 9.59 Å². The number of carboxylic acid groups (broad SMARTS) is 1. The normalized spacial score (nSPS) is 14.0. The van der Waals surface area contributed by atoms with Crippen molar-refractivity contribution in [3.05, 3.63) is 23.8 Å². The maximum Gasteiger partial charge on any atom is 0.405 e. The summed E-state index contributed by atoms with van der Waals surface area (Å²) >= 11 is 0. The number of hydrogen-bond donors (Lipinski definition) is 2. The molecule has 0 aromatic heterocycles. The molecule has 0 bridgehead atoms. The lowest BCUT2D eigenvalue weighted by atomic mass is 10.1. The first-order valence-corrected chi connectivity index (χ1v) is 4.42. The van der Waals surface area contributed by atoms with E-state index >= 15 is 0 Å². The van der Waals surface area contributed by atoms with Gasteiger partial charge in [-0.15, -0.1) is 0 Å². The van der Waals surface area contributed by atoms with Crippen molar-refractivity contribution in [3.63, 3.8) is 0 Å². The molecule has 0 unspecified atom stereocenters. The maximum atomic E-state index is 10.6. The van der Waals surface area contributed by atoms with Crippen molar-refractivity contribution in [3.8, 4) is 0 Å². The molecule has 14 heavy (non-hydrogen) atoms. The predicted molar refractivity (Wildman–Crippen MR) is 54.2 cm³/mol. The Hall–Kier alpha value is -1.58. The van der Waals surface area contributed by atoms with Gasteiger partial charge >= 0.3 is 6.09 Å². The van der Waals surface area contributed by atoms with Gasteiger partial charge in [0.15, 0.2) is 0 Å². The van der Waals surface area contributed by atoms with E-state index in [1.54, 1.807) is 12.2 Å². The molecule has 0 heterocycles. The summed E-state index contributed by atoms with van der Waals surface area (Å²) in [6, 6.07) is -0.742. The highest BCUT2D eigenvalue weighted by molar-refractivity contribution is 5.74. The number of nitrogens with one attached hydrogen (secondary N) is 1. The fourth-order valence-electron chi connectivity index (χ4n) is 1.01. The first-order chi connectivity index (χ1) is 6.65. The molecule has 78 valence electrons. The first kappa shape index (κ1) is 12.4. The Morgan fingerprint density at radius 2 is 2.21 bits per heavy atom. The van der Waals surface area contributed by atoms with E-state index in [4.69, 9.17) is 5.11 Å². The topological polar surface area (TPSA) is 66.4 Å². The number of aldehydes is 1. The van der Waals surface area contributed by atoms with Crippen LogP contribution in [0.15, 0.2) is 23.8 Å². The molecular formula is C10H15NO3. The minimum Gasteiger partial charge on any atom is -0.465 e. The van der Waals surface area contributed by atoms with Crippen LogP contribution in [-0.4, -0.2) is 23.5 Å². The fraction of sp³-hybridized carbons (Fsp3) is 0.400. The zero-order valence-corrected chi connectivity index (χ0v) is 8.36. The van der Waals surface area contributed by atoms with Gasteiger partial charge < -0.3 is 15.2 Å². The molecule has 0 radical (unpaired) electrons. The van der Waals surface area contributed by atoms with Crippen LogP contribution in [0.1, 0.15) is 20.3 Å². The van der Waals surface area contributed by atoms with Crippen molar-refractivity contribution in [2.75, 3.05) is 0 Å². The lowest BCUT2D eigenvalue weighted by molar-refractivity contribution is -0.108. The van der Waals surface area contributed by atoms with E-state index in [0.29, 0.717) is 12.7 Å². The van der Waals surface area contributed by atoms with Gasteiger partial charge in [0.25, 0.3) is 0 Å². The standard InChI is InChI=1S/C10H15NO3/c1-3-5-6-8(4-2)9(7-12)11-10(13)14/h3,5-7,9,11H,4H2,1-2H3,(H,13,14)/b5-3-,8-6+/t9-/m0/s1. The van der Waals surface area contributed by atoms with Gasteiger partial charge in [0.2, 0.25) is 0 Å². The molecule has 0 aliphatic heterocycles. The smallest absolute Gasteiger partial charge is 0.405 e. The zero-order chi connectivity index (χ0) is 11.0. The SMILES string of the molecule is C/C=C\C=C(/CC)[C@H](C=O)NC(=O)O. The Bertz CT molecular complexity index is 256. The van der Waals surface area contributed by atoms with E-state index in [2.05, 4.69) is 5.32 Å². The van der Waals surface area contributed by atoms with Crippen molar-refractivity contribution in [1.29, 1.82) is 0 Å². The van der Waals surface area contributed by atoms with Crippen LogP contribution in [0.2, 0.25) is 0 Å². The van der Waals surface area contributed by atoms with E-state index in [1.165, 1.54) is 0 Å². The molecule has 0 saturated heterocycles. The van der Waals surface area contributed by atoms with E-state index < -0.39 is 12.1 Å². The molecule has 0 aliphatic rings. The molecule has 4 heteroatoms. The van der Waals surface area contributed by atoms with Gasteiger partial charge in [-0.1, -0.05) is 25.2 Å². The van der Waals surface area contributed by atoms with Crippen LogP contribution < -0.4 is 5.32 Å². The van der Waals surface area contributed by atoms with Gasteiger partial charge in [-0.05, 0) is 18.9 Å². The molecule has 0 rings (SSSR count). The third-order valence-corrected chi connectivity index (χ3v) is 1.73. The highest BCUT2D eigenvalue weighted by Gasteiger charge is 2.13. The largest absolute Gasteiger partial charge is 0.465 e. The second-order valence-corrected chi connectivity index (χ2v) is 2.68. The Labute approximate surface area is 83.3 Å². The summed E-state index contributed by atoms with van der Waals surface area (Å²) in [5, 5.41) is 10.6. The Morgan fingerprint density at radius 3 is 2.57 bits per heavy atom. The Balaban J connectivity index is 4.60. The Kier molecular flexibility index (Phi) is 6.11. The molecule has 0 aromatic rings. The first-order valence-electron chi connectivity index (χ1n) is 4.42. The van der Waals surface area contributed by atoms with E-state index in [0.717, 1.165) is 5.57 Å². The van der Waals surface area contributed by atoms with Crippen molar-refractivity contribution in [2.45, 2.75) is 26.3 Å². The van der Waals surface area contributed by atoms with E-state index in [1.807, 2.05) is 19.9 Å². The number of carbonyl (C=O) groups is 2. The van der Waals surface area contributed by atoms with Crippen LogP contribution in [0, 0.1) is 0 Å². The van der Waals surface area contributed by atoms with Crippen LogP contribution >= 0.6 is 0 Å². The molecule has 0 spiro atoms. The second-order valence-electron chi connectivity index (χ2n) is 2.68. The van der Waals surface area contributed by atoms with Crippen LogP contribution in [0.25, 0.3) is 0 Å². The summed E-state index contributed by atoms with van der Waals surface area (Å²) in [5.41, 5.74) is 0.750. The van der Waals surface area contributed by atoms with Crippen molar-refractivity contribution in [2.24, 2.45) is 0 Å². The van der Waals surface area contributed by atoms with Crippen molar-refractivity contribution >= 4 is 12.4 Å². The molecule has 0 aliphatic carbocycles. The molecule has 1 atom stereocenters. The van der Waals surface area contributed by atoms with Gasteiger partial charge in [0.05, 0.1) is 0 Å². The summed E-state index contributed by atoms with van der Waals surface area (Å²) in [5.74, 6) is 0. The lowest BCUT2D eigenvalue weighted by Crippen LogP contribution is -2.36. The molecular weight excluding hydrogens is 182 g/mol. The average Bonchev–Trinajstić information content (AvgIpc) is 2.16. The van der Waals surface area contributed by atoms with Crippen molar-refractivity contribution in [1.82, 2.24) is 5.32 Å². The van der Waals surface area contributed by atoms with Crippen LogP contribution in [0.4, 0.5) is 4.79 Å². The number of carbonyl (C=O) groups excluding carboxylic acids is 1. The minimum atomic E-state index is -1.19. The van der Waals surface area contributed by atoms with Crippen LogP contribution in [0.5, 0.6) is 0 Å². The quantitative estimate of drug-likeness (QED) is 0.521. The van der Waals surface area contributed by atoms with Gasteiger partial charge in [-0.2, -0.15) is 0 Å². The van der Waals surface area contributed by atoms with Gasteiger partial charge in [-0.3, -0.25) is 0 Å². The maximum absolute atomic E-state index is 10.6.